The number of nitrogens with one attached hydrogen (secondary N) is 2. The third kappa shape index (κ3) is 4.80. The molecule has 37 heavy (non-hydrogen) atoms. The van der Waals surface area contributed by atoms with Crippen molar-refractivity contribution in [2.75, 3.05) is 29.9 Å². The first kappa shape index (κ1) is 23.2. The summed E-state index contributed by atoms with van der Waals surface area (Å²) in [5.74, 6) is 1.31. The van der Waals surface area contributed by atoms with E-state index in [1.807, 2.05) is 31.2 Å². The van der Waals surface area contributed by atoms with E-state index >= 15 is 0 Å². The number of morpholine rings is 1. The highest BCUT2D eigenvalue weighted by Crippen LogP contribution is 2.43. The molecule has 4 aromatic rings. The first-order valence-electron chi connectivity index (χ1n) is 12.4. The number of pyridine rings is 2. The molecule has 6 rings (SSSR count). The molecule has 7 nitrogen and oxygen atoms in total. The highest BCUT2D eigenvalue weighted by Gasteiger charge is 2.29. The lowest BCUT2D eigenvalue weighted by Gasteiger charge is -2.36. The topological polar surface area (TPSA) is 79.5 Å². The maximum absolute atomic E-state index is 13.6. The van der Waals surface area contributed by atoms with E-state index in [0.717, 1.165) is 58.1 Å². The molecule has 1 saturated heterocycles. The van der Waals surface area contributed by atoms with Crippen LogP contribution in [0, 0.1) is 5.82 Å². The molecule has 0 saturated carbocycles. The van der Waals surface area contributed by atoms with Gasteiger partial charge in [0.2, 0.25) is 5.56 Å². The Morgan fingerprint density at radius 3 is 2.92 bits per heavy atom. The van der Waals surface area contributed by atoms with Crippen molar-refractivity contribution in [3.8, 4) is 11.5 Å². The molecule has 0 amide bonds. The number of aromatic amines is 1. The number of H-pyrrole nitrogens is 1. The highest BCUT2D eigenvalue weighted by molar-refractivity contribution is 5.59. The Morgan fingerprint density at radius 1 is 1.14 bits per heavy atom. The molecule has 2 N–H and O–H groups in total. The lowest BCUT2D eigenvalue weighted by Crippen LogP contribution is -2.39. The summed E-state index contributed by atoms with van der Waals surface area (Å²) in [6.45, 7) is 3.89. The summed E-state index contributed by atoms with van der Waals surface area (Å²) in [5.41, 5.74) is 5.67. The molecule has 0 radical (unpaired) electrons. The summed E-state index contributed by atoms with van der Waals surface area (Å²) >= 11 is 0. The quantitative estimate of drug-likeness (QED) is 0.340. The first-order chi connectivity index (χ1) is 18.0. The fraction of sp³-hybridized carbons (Fsp3) is 0.241. The number of rotatable bonds is 5. The molecule has 188 valence electrons. The summed E-state index contributed by atoms with van der Waals surface area (Å²) in [5, 5.41) is 3.43. The molecule has 2 aliphatic heterocycles. The SMILES string of the molecule is CC(Nc1ccc2c(c1)Cc1cccc(C3CN(c4cc[nH]c(=O)c4)CCO3)c1O2)c1cncc(F)c1. The van der Waals surface area contributed by atoms with Crippen LogP contribution < -0.4 is 20.5 Å². The second kappa shape index (κ2) is 9.71. The number of hydrogen-bond donors (Lipinski definition) is 2. The van der Waals surface area contributed by atoms with Crippen LogP contribution in [0.4, 0.5) is 15.8 Å². The number of benzene rings is 2. The monoisotopic (exact) mass is 498 g/mol. The van der Waals surface area contributed by atoms with Crippen molar-refractivity contribution in [2.24, 2.45) is 0 Å². The first-order valence-corrected chi connectivity index (χ1v) is 12.4. The van der Waals surface area contributed by atoms with Crippen LogP contribution in [-0.4, -0.2) is 29.7 Å². The Hall–Kier alpha value is -4.17. The van der Waals surface area contributed by atoms with Gasteiger partial charge in [0.1, 0.15) is 23.4 Å². The normalized spacial score (nSPS) is 17.4. The second-order valence-corrected chi connectivity index (χ2v) is 9.46. The molecule has 2 aromatic carbocycles. The zero-order valence-corrected chi connectivity index (χ0v) is 20.4. The largest absolute Gasteiger partial charge is 0.456 e. The van der Waals surface area contributed by atoms with E-state index in [0.29, 0.717) is 13.2 Å². The Bertz CT molecular complexity index is 1500. The van der Waals surface area contributed by atoms with E-state index < -0.39 is 0 Å². The molecule has 2 aliphatic rings. The average molecular weight is 499 g/mol. The molecule has 2 unspecified atom stereocenters. The third-order valence-electron chi connectivity index (χ3n) is 6.93. The lowest BCUT2D eigenvalue weighted by atomic mass is 9.95. The van der Waals surface area contributed by atoms with Crippen LogP contribution in [0.1, 0.15) is 41.3 Å². The Kier molecular flexibility index (Phi) is 6.10. The van der Waals surface area contributed by atoms with Crippen molar-refractivity contribution >= 4 is 11.4 Å². The number of para-hydroxylation sites is 1. The van der Waals surface area contributed by atoms with E-state index in [1.165, 1.54) is 12.3 Å². The van der Waals surface area contributed by atoms with E-state index in [2.05, 4.69) is 38.4 Å². The molecule has 2 aromatic heterocycles. The van der Waals surface area contributed by atoms with Crippen molar-refractivity contribution in [1.29, 1.82) is 0 Å². The summed E-state index contributed by atoms with van der Waals surface area (Å²) < 4.78 is 26.2. The third-order valence-corrected chi connectivity index (χ3v) is 6.93. The molecule has 2 atom stereocenters. The van der Waals surface area contributed by atoms with Crippen molar-refractivity contribution < 1.29 is 13.9 Å². The van der Waals surface area contributed by atoms with Gasteiger partial charge in [-0.2, -0.15) is 0 Å². The summed E-state index contributed by atoms with van der Waals surface area (Å²) in [7, 11) is 0. The smallest absolute Gasteiger partial charge is 0.249 e. The fourth-order valence-electron chi connectivity index (χ4n) is 5.04. The van der Waals surface area contributed by atoms with Gasteiger partial charge in [0.05, 0.1) is 18.8 Å². The van der Waals surface area contributed by atoms with Crippen LogP contribution in [0.5, 0.6) is 11.5 Å². The van der Waals surface area contributed by atoms with Gasteiger partial charge in [-0.1, -0.05) is 18.2 Å². The number of halogens is 1. The van der Waals surface area contributed by atoms with Crippen LogP contribution >= 0.6 is 0 Å². The van der Waals surface area contributed by atoms with Crippen LogP contribution in [0.3, 0.4) is 0 Å². The van der Waals surface area contributed by atoms with Crippen LogP contribution in [0.2, 0.25) is 0 Å². The molecule has 1 fully saturated rings. The lowest BCUT2D eigenvalue weighted by molar-refractivity contribution is 0.0384. The summed E-state index contributed by atoms with van der Waals surface area (Å²) in [4.78, 5) is 20.6. The maximum Gasteiger partial charge on any atom is 0.249 e. The van der Waals surface area contributed by atoms with E-state index in [4.69, 9.17) is 9.47 Å². The van der Waals surface area contributed by atoms with E-state index in [1.54, 1.807) is 18.5 Å². The minimum Gasteiger partial charge on any atom is -0.456 e. The summed E-state index contributed by atoms with van der Waals surface area (Å²) in [6.07, 6.45) is 5.10. The number of hydrogen-bond acceptors (Lipinski definition) is 6. The fourth-order valence-corrected chi connectivity index (χ4v) is 5.04. The zero-order chi connectivity index (χ0) is 25.4. The zero-order valence-electron chi connectivity index (χ0n) is 20.4. The summed E-state index contributed by atoms with van der Waals surface area (Å²) in [6, 6.07) is 17.1. The van der Waals surface area contributed by atoms with Gasteiger partial charge in [-0.25, -0.2) is 4.39 Å². The Balaban J connectivity index is 1.22. The van der Waals surface area contributed by atoms with E-state index in [9.17, 15) is 9.18 Å². The van der Waals surface area contributed by atoms with Crippen molar-refractivity contribution in [3.63, 3.8) is 0 Å². The van der Waals surface area contributed by atoms with Gasteiger partial charge >= 0.3 is 0 Å². The standard InChI is InChI=1S/C29H27FN4O3/c1-18(21-12-22(30)16-31-15-21)33-23-5-6-26-20(13-23)11-19-3-2-4-25(29(19)37-26)27-17-34(9-10-36-27)24-7-8-32-28(35)14-24/h2-8,12-16,18,27,33H,9-11,17H2,1H3,(H,32,35). The van der Waals surface area contributed by atoms with Gasteiger partial charge in [-0.05, 0) is 48.4 Å². The van der Waals surface area contributed by atoms with Gasteiger partial charge in [-0.3, -0.25) is 9.78 Å². The number of fused-ring (bicyclic) bond motifs is 2. The highest BCUT2D eigenvalue weighted by atomic mass is 19.1. The molecule has 4 heterocycles. The van der Waals surface area contributed by atoms with Crippen molar-refractivity contribution in [3.05, 3.63) is 112 Å². The number of nitrogens with zero attached hydrogens (tertiary/aromatic N) is 2. The number of aromatic nitrogens is 2. The minimum absolute atomic E-state index is 0.101. The Labute approximate surface area is 213 Å². The van der Waals surface area contributed by atoms with Gasteiger partial charge in [0.15, 0.2) is 0 Å². The van der Waals surface area contributed by atoms with Gasteiger partial charge < -0.3 is 24.7 Å². The Morgan fingerprint density at radius 2 is 2.05 bits per heavy atom. The number of ether oxygens (including phenoxy) is 2. The average Bonchev–Trinajstić information content (AvgIpc) is 2.91. The van der Waals surface area contributed by atoms with Crippen LogP contribution in [0.25, 0.3) is 0 Å². The van der Waals surface area contributed by atoms with Crippen molar-refractivity contribution in [2.45, 2.75) is 25.5 Å². The minimum atomic E-state index is -0.347. The van der Waals surface area contributed by atoms with Crippen LogP contribution in [0.15, 0.2) is 78.0 Å². The maximum atomic E-state index is 13.6. The predicted molar refractivity (Wildman–Crippen MR) is 140 cm³/mol. The molecular formula is C29H27FN4O3. The molecule has 0 bridgehead atoms. The van der Waals surface area contributed by atoms with Gasteiger partial charge in [0, 0.05) is 60.5 Å². The van der Waals surface area contributed by atoms with Gasteiger partial charge in [0.25, 0.3) is 0 Å². The molecule has 0 aliphatic carbocycles. The predicted octanol–water partition coefficient (Wildman–Crippen LogP) is 5.36. The van der Waals surface area contributed by atoms with Crippen LogP contribution in [-0.2, 0) is 11.2 Å². The second-order valence-electron chi connectivity index (χ2n) is 9.46. The van der Waals surface area contributed by atoms with Crippen molar-refractivity contribution in [1.82, 2.24) is 9.97 Å². The number of anilines is 2. The molecule has 0 spiro atoms. The molecular weight excluding hydrogens is 471 g/mol. The molecule has 8 heteroatoms. The van der Waals surface area contributed by atoms with Gasteiger partial charge in [-0.15, -0.1) is 0 Å². The van der Waals surface area contributed by atoms with E-state index in [-0.39, 0.29) is 23.5 Å².